The summed E-state index contributed by atoms with van der Waals surface area (Å²) >= 11 is 0. The van der Waals surface area contributed by atoms with Crippen LogP contribution in [0.3, 0.4) is 0 Å². The van der Waals surface area contributed by atoms with Gasteiger partial charge in [0.15, 0.2) is 0 Å². The van der Waals surface area contributed by atoms with Crippen LogP contribution in [-0.2, 0) is 17.8 Å². The Morgan fingerprint density at radius 2 is 1.76 bits per heavy atom. The average molecular weight is 286 g/mol. The molecule has 0 spiro atoms. The zero-order chi connectivity index (χ0) is 14.9. The van der Waals surface area contributed by atoms with Gasteiger partial charge in [-0.05, 0) is 67.9 Å². The molecule has 0 N–H and O–H groups in total. The van der Waals surface area contributed by atoms with Crippen LogP contribution in [0.15, 0.2) is 36.9 Å². The zero-order valence-electron chi connectivity index (χ0n) is 13.5. The van der Waals surface area contributed by atoms with Crippen LogP contribution in [0.1, 0.15) is 56.6 Å². The molecule has 1 aliphatic rings. The summed E-state index contributed by atoms with van der Waals surface area (Å²) in [6.07, 6.45) is 11.3. The molecule has 1 aromatic rings. The quantitative estimate of drug-likeness (QED) is 0.450. The fraction of sp³-hybridized carbons (Fsp3) is 0.600. The van der Waals surface area contributed by atoms with Gasteiger partial charge in [0.1, 0.15) is 0 Å². The normalized spacial score (nSPS) is 22.1. The van der Waals surface area contributed by atoms with Crippen molar-refractivity contribution in [1.29, 1.82) is 0 Å². The first-order chi connectivity index (χ1) is 10.3. The molecule has 0 aliphatic heterocycles. The van der Waals surface area contributed by atoms with E-state index in [0.29, 0.717) is 0 Å². The Morgan fingerprint density at radius 3 is 2.38 bits per heavy atom. The van der Waals surface area contributed by atoms with E-state index in [9.17, 15) is 0 Å². The van der Waals surface area contributed by atoms with Gasteiger partial charge in [-0.25, -0.2) is 0 Å². The maximum Gasteiger partial charge on any atom is 0.0716 e. The van der Waals surface area contributed by atoms with E-state index in [1.165, 1.54) is 49.7 Å². The number of aryl methyl sites for hydroxylation is 1. The predicted octanol–water partition coefficient (Wildman–Crippen LogP) is 5.54. The van der Waals surface area contributed by atoms with Crippen molar-refractivity contribution in [1.82, 2.24) is 0 Å². The Balaban J connectivity index is 1.70. The summed E-state index contributed by atoms with van der Waals surface area (Å²) in [5.41, 5.74) is 2.76. The molecule has 0 saturated heterocycles. The summed E-state index contributed by atoms with van der Waals surface area (Å²) in [6, 6.07) is 9.00. The van der Waals surface area contributed by atoms with Gasteiger partial charge in [-0.1, -0.05) is 37.3 Å². The molecule has 0 unspecified atom stereocenters. The number of rotatable bonds is 8. The van der Waals surface area contributed by atoms with Crippen molar-refractivity contribution >= 4 is 0 Å². The van der Waals surface area contributed by atoms with Gasteiger partial charge in [0.05, 0.1) is 6.61 Å². The molecule has 1 fully saturated rings. The molecule has 116 valence electrons. The lowest BCUT2D eigenvalue weighted by molar-refractivity contribution is 0.121. The highest BCUT2D eigenvalue weighted by molar-refractivity contribution is 5.22. The van der Waals surface area contributed by atoms with Crippen molar-refractivity contribution in [3.8, 4) is 0 Å². The summed E-state index contributed by atoms with van der Waals surface area (Å²) < 4.78 is 5.58. The van der Waals surface area contributed by atoms with Crippen LogP contribution in [0, 0.1) is 11.8 Å². The molecular weight excluding hydrogens is 256 g/mol. The first-order valence-electron chi connectivity index (χ1n) is 8.60. The Kier molecular flexibility index (Phi) is 7.02. The Hall–Kier alpha value is -1.08. The lowest BCUT2D eigenvalue weighted by Gasteiger charge is -2.26. The molecule has 0 bridgehead atoms. The van der Waals surface area contributed by atoms with Crippen LogP contribution >= 0.6 is 0 Å². The number of benzene rings is 1. The van der Waals surface area contributed by atoms with E-state index in [1.807, 2.05) is 0 Å². The van der Waals surface area contributed by atoms with Crippen molar-refractivity contribution in [3.05, 3.63) is 48.0 Å². The molecule has 0 radical (unpaired) electrons. The Morgan fingerprint density at radius 1 is 1.10 bits per heavy atom. The van der Waals surface area contributed by atoms with Crippen LogP contribution < -0.4 is 0 Å². The smallest absolute Gasteiger partial charge is 0.0716 e. The van der Waals surface area contributed by atoms with Gasteiger partial charge in [-0.15, -0.1) is 6.58 Å². The SMILES string of the molecule is C=C[C@H]1CC[C@H](CCc2ccc(COCCC)cc2)CC1. The van der Waals surface area contributed by atoms with E-state index >= 15 is 0 Å². The maximum absolute atomic E-state index is 5.58. The summed E-state index contributed by atoms with van der Waals surface area (Å²) in [7, 11) is 0. The Bertz CT molecular complexity index is 398. The van der Waals surface area contributed by atoms with Crippen LogP contribution in [0.25, 0.3) is 0 Å². The van der Waals surface area contributed by atoms with Gasteiger partial charge in [0, 0.05) is 6.61 Å². The number of hydrogen-bond acceptors (Lipinski definition) is 1. The van der Waals surface area contributed by atoms with Crippen LogP contribution in [-0.4, -0.2) is 6.61 Å². The summed E-state index contributed by atoms with van der Waals surface area (Å²) in [5.74, 6) is 1.71. The third-order valence-electron chi connectivity index (χ3n) is 4.71. The largest absolute Gasteiger partial charge is 0.377 e. The predicted molar refractivity (Wildman–Crippen MR) is 90.4 cm³/mol. The van der Waals surface area contributed by atoms with Gasteiger partial charge < -0.3 is 4.74 Å². The highest BCUT2D eigenvalue weighted by atomic mass is 16.5. The third kappa shape index (κ3) is 5.67. The third-order valence-corrected chi connectivity index (χ3v) is 4.71. The second-order valence-electron chi connectivity index (χ2n) is 6.42. The molecule has 21 heavy (non-hydrogen) atoms. The first-order valence-corrected chi connectivity index (χ1v) is 8.60. The maximum atomic E-state index is 5.58. The van der Waals surface area contributed by atoms with Crippen molar-refractivity contribution in [2.75, 3.05) is 6.61 Å². The standard InChI is InChI=1S/C20H30O/c1-3-15-21-16-20-13-11-19(12-14-20)10-9-18-7-5-17(4-2)6-8-18/h4,11-14,17-18H,2-3,5-10,15-16H2,1H3/t17-,18-. The van der Waals surface area contributed by atoms with Gasteiger partial charge >= 0.3 is 0 Å². The summed E-state index contributed by atoms with van der Waals surface area (Å²) in [5, 5.41) is 0. The van der Waals surface area contributed by atoms with E-state index in [1.54, 1.807) is 0 Å². The summed E-state index contributed by atoms with van der Waals surface area (Å²) in [4.78, 5) is 0. The molecule has 0 atom stereocenters. The van der Waals surface area contributed by atoms with E-state index < -0.39 is 0 Å². The van der Waals surface area contributed by atoms with E-state index in [4.69, 9.17) is 4.74 Å². The molecule has 1 saturated carbocycles. The molecule has 0 heterocycles. The molecule has 1 aliphatic carbocycles. The second kappa shape index (κ2) is 9.04. The molecule has 1 aromatic carbocycles. The molecule has 0 aromatic heterocycles. The lowest BCUT2D eigenvalue weighted by Crippen LogP contribution is -2.13. The molecular formula is C20H30O. The monoisotopic (exact) mass is 286 g/mol. The molecule has 2 rings (SSSR count). The molecule has 0 amide bonds. The second-order valence-corrected chi connectivity index (χ2v) is 6.42. The minimum Gasteiger partial charge on any atom is -0.377 e. The highest BCUT2D eigenvalue weighted by Crippen LogP contribution is 2.32. The van der Waals surface area contributed by atoms with Gasteiger partial charge in [-0.3, -0.25) is 0 Å². The average Bonchev–Trinajstić information content (AvgIpc) is 2.55. The molecule has 1 heteroatoms. The molecule has 1 nitrogen and oxygen atoms in total. The first kappa shape index (κ1) is 16.3. The van der Waals surface area contributed by atoms with E-state index in [2.05, 4.69) is 43.8 Å². The van der Waals surface area contributed by atoms with Gasteiger partial charge in [-0.2, -0.15) is 0 Å². The van der Waals surface area contributed by atoms with Crippen molar-refractivity contribution in [2.24, 2.45) is 11.8 Å². The van der Waals surface area contributed by atoms with Crippen molar-refractivity contribution < 1.29 is 4.74 Å². The highest BCUT2D eigenvalue weighted by Gasteiger charge is 2.18. The fourth-order valence-electron chi connectivity index (χ4n) is 3.22. The van der Waals surface area contributed by atoms with Crippen molar-refractivity contribution in [2.45, 2.75) is 58.5 Å². The topological polar surface area (TPSA) is 9.23 Å². The fourth-order valence-corrected chi connectivity index (χ4v) is 3.22. The number of ether oxygens (including phenoxy) is 1. The zero-order valence-corrected chi connectivity index (χ0v) is 13.5. The van der Waals surface area contributed by atoms with Crippen LogP contribution in [0.5, 0.6) is 0 Å². The van der Waals surface area contributed by atoms with E-state index in [-0.39, 0.29) is 0 Å². The van der Waals surface area contributed by atoms with Gasteiger partial charge in [0.2, 0.25) is 0 Å². The number of allylic oxidation sites excluding steroid dienone is 1. The Labute approximate surface area is 130 Å². The summed E-state index contributed by atoms with van der Waals surface area (Å²) in [6.45, 7) is 7.68. The van der Waals surface area contributed by atoms with Crippen molar-refractivity contribution in [3.63, 3.8) is 0 Å². The van der Waals surface area contributed by atoms with Gasteiger partial charge in [0.25, 0.3) is 0 Å². The number of hydrogen-bond donors (Lipinski definition) is 0. The van der Waals surface area contributed by atoms with Crippen LogP contribution in [0.2, 0.25) is 0 Å². The lowest BCUT2D eigenvalue weighted by atomic mass is 9.79. The van der Waals surface area contributed by atoms with Crippen LogP contribution in [0.4, 0.5) is 0 Å². The van der Waals surface area contributed by atoms with E-state index in [0.717, 1.165) is 31.5 Å². The minimum atomic E-state index is 0.750. The minimum absolute atomic E-state index is 0.750.